The Hall–Kier alpha value is -11.0. The number of aromatic nitrogens is 7. The fourth-order valence-electron chi connectivity index (χ4n) is 11.9. The molecule has 0 atom stereocenters. The predicted molar refractivity (Wildman–Crippen MR) is 491 cm³/mol. The highest BCUT2D eigenvalue weighted by Crippen LogP contribution is 2.33. The maximum Gasteiger partial charge on any atom is 0.159 e. The third kappa shape index (κ3) is 28.9. The van der Waals surface area contributed by atoms with Crippen molar-refractivity contribution in [1.82, 2.24) is 34.9 Å². The second-order valence-corrected chi connectivity index (χ2v) is 34.0. The summed E-state index contributed by atoms with van der Waals surface area (Å²) in [4.78, 5) is 33.1. The number of benzene rings is 7. The van der Waals surface area contributed by atoms with Crippen molar-refractivity contribution in [3.05, 3.63) is 369 Å². The minimum Gasteiger partial charge on any atom is -0.253 e. The summed E-state index contributed by atoms with van der Waals surface area (Å²) in [5.41, 5.74) is 20.5. The molecule has 0 N–H and O–H groups in total. The molecular weight excluding hydrogens is 1580 g/mol. The zero-order chi connectivity index (χ0) is 88.4. The zero-order valence-electron chi connectivity index (χ0n) is 72.4. The molecule has 7 aromatic heterocycles. The van der Waals surface area contributed by atoms with Gasteiger partial charge in [0.15, 0.2) is 11.6 Å². The third-order valence-corrected chi connectivity index (χ3v) is 20.6. The van der Waals surface area contributed by atoms with Gasteiger partial charge in [-0.25, -0.2) is 30.7 Å². The van der Waals surface area contributed by atoms with Gasteiger partial charge in [0.25, 0.3) is 0 Å². The molecule has 0 unspecified atom stereocenters. The van der Waals surface area contributed by atoms with Crippen molar-refractivity contribution in [2.24, 2.45) is 0 Å². The number of thioether (sulfide) groups is 1. The lowest BCUT2D eigenvalue weighted by Gasteiger charge is -2.19. The average molecular weight is 1690 g/mol. The number of hydrogen-bond acceptors (Lipinski definition) is 8. The van der Waals surface area contributed by atoms with Crippen LogP contribution in [-0.2, 0) is 5.41 Å². The van der Waals surface area contributed by atoms with Crippen LogP contribution in [0.25, 0.3) is 78.8 Å². The molecule has 0 amide bonds. The van der Waals surface area contributed by atoms with Crippen LogP contribution in [-0.4, -0.2) is 41.1 Å². The molecule has 0 spiro atoms. The van der Waals surface area contributed by atoms with Crippen molar-refractivity contribution in [2.75, 3.05) is 6.26 Å². The van der Waals surface area contributed by atoms with Gasteiger partial charge in [0.1, 0.15) is 29.1 Å². The van der Waals surface area contributed by atoms with Crippen LogP contribution in [0.15, 0.2) is 272 Å². The molecule has 0 radical (unpaired) electrons. The fraction of sp³-hybridized carbons (Fsp3) is 0.260. The van der Waals surface area contributed by atoms with Gasteiger partial charge in [-0.1, -0.05) is 226 Å². The second kappa shape index (κ2) is 45.6. The lowest BCUT2D eigenvalue weighted by atomic mass is 9.86. The summed E-state index contributed by atoms with van der Waals surface area (Å²) in [6, 6.07) is 80.1. The van der Waals surface area contributed by atoms with Gasteiger partial charge in [-0.15, -0.1) is 11.8 Å². The first-order chi connectivity index (χ1) is 57.5. The predicted octanol–water partition coefficient (Wildman–Crippen LogP) is 31.7. The monoisotopic (exact) mass is 1690 g/mol. The molecule has 0 aliphatic heterocycles. The van der Waals surface area contributed by atoms with Gasteiger partial charge in [0, 0.05) is 94.8 Å². The molecule has 121 heavy (non-hydrogen) atoms. The molecule has 7 nitrogen and oxygen atoms in total. The van der Waals surface area contributed by atoms with E-state index in [1.807, 2.05) is 107 Å². The topological polar surface area (TPSA) is 90.2 Å². The molecule has 0 fully saturated rings. The highest BCUT2D eigenvalue weighted by Gasteiger charge is 2.17. The van der Waals surface area contributed by atoms with Crippen molar-refractivity contribution in [3.63, 3.8) is 0 Å². The Bertz CT molecular complexity index is 5340. The first-order valence-electron chi connectivity index (χ1n) is 40.6. The van der Waals surface area contributed by atoms with Gasteiger partial charge >= 0.3 is 0 Å². The molecule has 0 bridgehead atoms. The number of rotatable bonds is 15. The standard InChI is InChI=1S/C18H23N.C15H16FN.C15H17NS.2C14H13ClFN.2C14H13F2N/c1-13(2)16-7-6-8-17(19-16)14-9-11-15(12-10-14)18(3,4)5;1-10(2)14-5-4-6-15(17-14)12-7-8-13(16)11(3)9-12;1-11(2)14-5-4-6-15(16-14)12-7-9-13(17-3)10-8-12;1-9(2)13-4-3-5-14(17-13)11-7-6-10(15)8-12(11)16;1-9(2)13-4-3-5-14(17-13)10-6-7-11(15)12(16)8-10;1-9(2)13-4-3-5-14(17-13)11-7-6-10(15)8-12(11)16;1-9(2)13-4-3-5-14(17-13)10-6-7-11(15)12(16)8-10/h6-13H,1-5H3;4-10H,1-3H3;4-11H,1-3H3;4*3-9H,1-2H3. The Morgan fingerprint density at radius 3 is 0.893 bits per heavy atom. The highest BCUT2D eigenvalue weighted by atomic mass is 35.5. The van der Waals surface area contributed by atoms with E-state index in [2.05, 4.69) is 206 Å². The Kier molecular flexibility index (Phi) is 36.0. The summed E-state index contributed by atoms with van der Waals surface area (Å²) >= 11 is 13.1. The van der Waals surface area contributed by atoms with Crippen LogP contribution >= 0.6 is 35.0 Å². The summed E-state index contributed by atoms with van der Waals surface area (Å²) in [5, 5.41) is 0.528. The Morgan fingerprint density at radius 2 is 0.570 bits per heavy atom. The van der Waals surface area contributed by atoms with Gasteiger partial charge in [-0.05, 0) is 247 Å². The summed E-state index contributed by atoms with van der Waals surface area (Å²) in [7, 11) is 0. The molecule has 17 heteroatoms. The van der Waals surface area contributed by atoms with E-state index in [-0.39, 0.29) is 28.0 Å². The van der Waals surface area contributed by atoms with E-state index >= 15 is 0 Å². The maximum atomic E-state index is 13.7. The second-order valence-electron chi connectivity index (χ2n) is 32.2. The number of nitrogens with zero attached hydrogens (tertiary/aromatic N) is 7. The van der Waals surface area contributed by atoms with E-state index in [1.54, 1.807) is 67.2 Å². The van der Waals surface area contributed by atoms with Crippen LogP contribution in [0.1, 0.15) is 210 Å². The molecule has 0 aliphatic carbocycles. The van der Waals surface area contributed by atoms with E-state index in [1.165, 1.54) is 64.1 Å². The van der Waals surface area contributed by atoms with E-state index in [0.29, 0.717) is 79.9 Å². The van der Waals surface area contributed by atoms with Crippen LogP contribution < -0.4 is 0 Å². The molecule has 7 aromatic carbocycles. The van der Waals surface area contributed by atoms with Crippen molar-refractivity contribution < 1.29 is 30.7 Å². The maximum absolute atomic E-state index is 13.7. The van der Waals surface area contributed by atoms with Crippen LogP contribution in [0.4, 0.5) is 30.7 Å². The fourth-order valence-corrected chi connectivity index (χ4v) is 12.6. The van der Waals surface area contributed by atoms with E-state index < -0.39 is 29.1 Å². The largest absolute Gasteiger partial charge is 0.253 e. The van der Waals surface area contributed by atoms with Crippen LogP contribution in [0, 0.1) is 47.6 Å². The van der Waals surface area contributed by atoms with Gasteiger partial charge < -0.3 is 0 Å². The molecule has 0 saturated heterocycles. The summed E-state index contributed by atoms with van der Waals surface area (Å²) in [5.74, 6) is -1.18. The number of hydrogen-bond donors (Lipinski definition) is 0. The third-order valence-electron chi connectivity index (χ3n) is 19.3. The minimum absolute atomic E-state index is 0.133. The lowest BCUT2D eigenvalue weighted by Crippen LogP contribution is -2.10. The van der Waals surface area contributed by atoms with Crippen LogP contribution in [0.2, 0.25) is 10.0 Å². The number of halogens is 9. The van der Waals surface area contributed by atoms with E-state index in [0.717, 1.165) is 85.9 Å². The van der Waals surface area contributed by atoms with E-state index in [9.17, 15) is 30.7 Å². The molecule has 628 valence electrons. The van der Waals surface area contributed by atoms with Crippen molar-refractivity contribution >= 4 is 35.0 Å². The van der Waals surface area contributed by atoms with E-state index in [4.69, 9.17) is 33.2 Å². The van der Waals surface area contributed by atoms with Gasteiger partial charge in [-0.3, -0.25) is 34.9 Å². The zero-order valence-corrected chi connectivity index (χ0v) is 74.7. The summed E-state index contributed by atoms with van der Waals surface area (Å²) in [6.07, 6.45) is 2.09. The van der Waals surface area contributed by atoms with Crippen molar-refractivity contribution in [1.29, 1.82) is 0 Å². The molecular formula is C104H108Cl2F7N7S. The first-order valence-corrected chi connectivity index (χ1v) is 42.6. The molecule has 14 aromatic rings. The van der Waals surface area contributed by atoms with Gasteiger partial charge in [0.05, 0.1) is 44.9 Å². The Morgan fingerprint density at radius 1 is 0.273 bits per heavy atom. The van der Waals surface area contributed by atoms with Crippen molar-refractivity contribution in [2.45, 2.75) is 176 Å². The van der Waals surface area contributed by atoms with Gasteiger partial charge in [-0.2, -0.15) is 0 Å². The highest BCUT2D eigenvalue weighted by molar-refractivity contribution is 7.98. The SMILES string of the molecule is CC(C)c1cccc(-c2ccc(C(C)(C)C)cc2)n1.CC(C)c1cccc(-c2ccc(Cl)c(F)c2)n1.CC(C)c1cccc(-c2ccc(Cl)cc2F)n1.CC(C)c1cccc(-c2ccc(F)c(F)c2)n1.CC(C)c1cccc(-c2ccc(F)cc2F)n1.CSc1ccc(-c2cccc(C(C)C)n2)cc1.Cc1cc(-c2cccc(C(C)C)n2)ccc1F. The number of pyridine rings is 7. The molecule has 14 rings (SSSR count). The smallest absolute Gasteiger partial charge is 0.159 e. The Balaban J connectivity index is 0.000000176. The average Bonchev–Trinajstić information content (AvgIpc) is 0.869. The number of aryl methyl sites for hydroxylation is 1. The molecule has 7 heterocycles. The minimum atomic E-state index is -0.848. The molecule has 0 saturated carbocycles. The molecule has 0 aliphatic rings. The first kappa shape index (κ1) is 95.5. The van der Waals surface area contributed by atoms with Gasteiger partial charge in [0.2, 0.25) is 0 Å². The van der Waals surface area contributed by atoms with Crippen LogP contribution in [0.5, 0.6) is 0 Å². The quantitative estimate of drug-likeness (QED) is 0.0741. The lowest BCUT2D eigenvalue weighted by molar-refractivity contribution is 0.509. The normalized spacial score (nSPS) is 11.0. The Labute approximate surface area is 725 Å². The van der Waals surface area contributed by atoms with Crippen molar-refractivity contribution in [3.8, 4) is 78.8 Å². The summed E-state index contributed by atoms with van der Waals surface area (Å²) in [6.45, 7) is 37.8. The summed E-state index contributed by atoms with van der Waals surface area (Å²) < 4.78 is 92.7. The van der Waals surface area contributed by atoms with Crippen LogP contribution in [0.3, 0.4) is 0 Å².